The molecule has 0 aliphatic rings. The summed E-state index contributed by atoms with van der Waals surface area (Å²) in [6, 6.07) is 4.04. The molecule has 1 heterocycles. The molecular formula is C11H12Cl2N4O2S. The highest BCUT2D eigenvalue weighted by molar-refractivity contribution is 7.92. The van der Waals surface area contributed by atoms with E-state index in [1.165, 1.54) is 22.9 Å². The second kappa shape index (κ2) is 5.16. The Morgan fingerprint density at radius 1 is 1.30 bits per heavy atom. The number of halogens is 2. The molecule has 0 fully saturated rings. The van der Waals surface area contributed by atoms with Crippen LogP contribution in [0.5, 0.6) is 0 Å². The lowest BCUT2D eigenvalue weighted by atomic mass is 10.4. The first-order chi connectivity index (χ1) is 9.22. The van der Waals surface area contributed by atoms with Gasteiger partial charge in [0.05, 0.1) is 26.3 Å². The van der Waals surface area contributed by atoms with Crippen LogP contribution < -0.4 is 10.5 Å². The van der Waals surface area contributed by atoms with Gasteiger partial charge in [0.1, 0.15) is 0 Å². The van der Waals surface area contributed by atoms with Crippen molar-refractivity contribution in [3.8, 4) is 0 Å². The third-order valence-electron chi connectivity index (χ3n) is 2.70. The lowest BCUT2D eigenvalue weighted by Crippen LogP contribution is -2.16. The smallest absolute Gasteiger partial charge is 0.263 e. The van der Waals surface area contributed by atoms with Crippen LogP contribution in [0.3, 0.4) is 0 Å². The first-order valence-corrected chi connectivity index (χ1v) is 7.73. The molecule has 2 rings (SSSR count). The highest BCUT2D eigenvalue weighted by Crippen LogP contribution is 2.28. The van der Waals surface area contributed by atoms with Gasteiger partial charge in [-0.3, -0.25) is 4.72 Å². The van der Waals surface area contributed by atoms with Gasteiger partial charge >= 0.3 is 0 Å². The van der Waals surface area contributed by atoms with Crippen LogP contribution in [-0.4, -0.2) is 18.2 Å². The molecule has 6 nitrogen and oxygen atoms in total. The molecule has 0 aliphatic carbocycles. The molecule has 0 saturated carbocycles. The van der Waals surface area contributed by atoms with Crippen LogP contribution in [0.15, 0.2) is 23.1 Å². The standard InChI is InChI=1S/C11H12Cl2N4O2S/c1-6-10(14)11(17(2)15-6)16-20(18,19)7-3-4-8(12)9(13)5-7/h3-5,16H,14H2,1-2H3. The summed E-state index contributed by atoms with van der Waals surface area (Å²) in [5.74, 6) is 0.202. The van der Waals surface area contributed by atoms with E-state index < -0.39 is 10.0 Å². The number of nitrogen functional groups attached to an aromatic ring is 1. The number of aryl methyl sites for hydroxylation is 2. The summed E-state index contributed by atoms with van der Waals surface area (Å²) in [5, 5.41) is 4.47. The zero-order valence-corrected chi connectivity index (χ0v) is 13.0. The van der Waals surface area contributed by atoms with E-state index in [-0.39, 0.29) is 26.4 Å². The van der Waals surface area contributed by atoms with Crippen molar-refractivity contribution in [1.29, 1.82) is 0 Å². The maximum Gasteiger partial charge on any atom is 0.263 e. The molecular weight excluding hydrogens is 323 g/mol. The maximum atomic E-state index is 12.3. The van der Waals surface area contributed by atoms with Crippen LogP contribution in [-0.2, 0) is 17.1 Å². The Morgan fingerprint density at radius 3 is 2.45 bits per heavy atom. The van der Waals surface area contributed by atoms with Gasteiger partial charge < -0.3 is 5.73 Å². The number of rotatable bonds is 3. The normalized spacial score (nSPS) is 11.6. The van der Waals surface area contributed by atoms with Gasteiger partial charge in [-0.1, -0.05) is 23.2 Å². The first-order valence-electron chi connectivity index (χ1n) is 5.49. The second-order valence-corrected chi connectivity index (χ2v) is 6.65. The van der Waals surface area contributed by atoms with Crippen molar-refractivity contribution in [1.82, 2.24) is 9.78 Å². The highest BCUT2D eigenvalue weighted by Gasteiger charge is 2.20. The summed E-state index contributed by atoms with van der Waals surface area (Å²) >= 11 is 11.6. The van der Waals surface area contributed by atoms with Gasteiger partial charge in [0.2, 0.25) is 0 Å². The summed E-state index contributed by atoms with van der Waals surface area (Å²) in [4.78, 5) is -0.00912. The Bertz CT molecular complexity index is 771. The van der Waals surface area contributed by atoms with E-state index in [2.05, 4.69) is 9.82 Å². The van der Waals surface area contributed by atoms with Crippen LogP contribution in [0, 0.1) is 6.92 Å². The first kappa shape index (κ1) is 15.0. The SMILES string of the molecule is Cc1nn(C)c(NS(=O)(=O)c2ccc(Cl)c(Cl)c2)c1N. The fraction of sp³-hybridized carbons (Fsp3) is 0.182. The predicted octanol–water partition coefficient (Wildman–Crippen LogP) is 2.42. The number of nitrogens with zero attached hydrogens (tertiary/aromatic N) is 2. The van der Waals surface area contributed by atoms with Crippen LogP contribution >= 0.6 is 23.2 Å². The van der Waals surface area contributed by atoms with Crippen molar-refractivity contribution in [3.05, 3.63) is 33.9 Å². The zero-order valence-electron chi connectivity index (χ0n) is 10.7. The molecule has 0 bridgehead atoms. The molecule has 1 aromatic carbocycles. The van der Waals surface area contributed by atoms with Gasteiger partial charge in [-0.25, -0.2) is 13.1 Å². The Labute approximate surface area is 126 Å². The van der Waals surface area contributed by atoms with E-state index in [1.807, 2.05) is 0 Å². The van der Waals surface area contributed by atoms with Crippen molar-refractivity contribution in [2.45, 2.75) is 11.8 Å². The van der Waals surface area contributed by atoms with Crippen molar-refractivity contribution < 1.29 is 8.42 Å². The van der Waals surface area contributed by atoms with Gasteiger partial charge in [0.25, 0.3) is 10.0 Å². The van der Waals surface area contributed by atoms with Crippen LogP contribution in [0.25, 0.3) is 0 Å². The minimum Gasteiger partial charge on any atom is -0.394 e. The molecule has 1 aromatic heterocycles. The van der Waals surface area contributed by atoms with Crippen LogP contribution in [0.1, 0.15) is 5.69 Å². The van der Waals surface area contributed by atoms with Gasteiger partial charge in [0.15, 0.2) is 5.82 Å². The molecule has 0 amide bonds. The Hall–Kier alpha value is -1.44. The van der Waals surface area contributed by atoms with E-state index in [1.54, 1.807) is 14.0 Å². The van der Waals surface area contributed by atoms with Crippen LogP contribution in [0.2, 0.25) is 10.0 Å². The summed E-state index contributed by atoms with van der Waals surface area (Å²) in [5.41, 5.74) is 6.60. The molecule has 108 valence electrons. The van der Waals surface area contributed by atoms with Gasteiger partial charge in [0, 0.05) is 7.05 Å². The number of hydrogen-bond acceptors (Lipinski definition) is 4. The van der Waals surface area contributed by atoms with E-state index in [4.69, 9.17) is 28.9 Å². The topological polar surface area (TPSA) is 90.0 Å². The summed E-state index contributed by atoms with van der Waals surface area (Å²) in [6.45, 7) is 1.69. The molecule has 2 aromatic rings. The molecule has 9 heteroatoms. The van der Waals surface area contributed by atoms with Gasteiger partial charge in [-0.15, -0.1) is 0 Å². The number of hydrogen-bond donors (Lipinski definition) is 2. The molecule has 0 radical (unpaired) electrons. The molecule has 20 heavy (non-hydrogen) atoms. The Balaban J connectivity index is 2.43. The average Bonchev–Trinajstić information content (AvgIpc) is 2.59. The van der Waals surface area contributed by atoms with Crippen molar-refractivity contribution in [2.24, 2.45) is 7.05 Å². The number of aromatic nitrogens is 2. The third-order valence-corrected chi connectivity index (χ3v) is 4.78. The lowest BCUT2D eigenvalue weighted by Gasteiger charge is -2.09. The maximum absolute atomic E-state index is 12.3. The summed E-state index contributed by atoms with van der Waals surface area (Å²) in [7, 11) is -2.22. The van der Waals surface area contributed by atoms with E-state index in [0.717, 1.165) is 0 Å². The third kappa shape index (κ3) is 2.70. The number of nitrogens with one attached hydrogen (secondary N) is 1. The molecule has 0 unspecified atom stereocenters. The number of nitrogens with two attached hydrogens (primary N) is 1. The average molecular weight is 335 g/mol. The Kier molecular flexibility index (Phi) is 3.86. The minimum atomic E-state index is -3.82. The van der Waals surface area contributed by atoms with E-state index >= 15 is 0 Å². The van der Waals surface area contributed by atoms with E-state index in [9.17, 15) is 8.42 Å². The fourth-order valence-electron chi connectivity index (χ4n) is 1.63. The quantitative estimate of drug-likeness (QED) is 0.901. The summed E-state index contributed by atoms with van der Waals surface area (Å²) in [6.07, 6.45) is 0. The molecule has 0 saturated heterocycles. The second-order valence-electron chi connectivity index (χ2n) is 4.15. The molecule has 0 spiro atoms. The van der Waals surface area contributed by atoms with Gasteiger partial charge in [-0.2, -0.15) is 5.10 Å². The summed E-state index contributed by atoms with van der Waals surface area (Å²) < 4.78 is 28.3. The molecule has 0 aliphatic heterocycles. The number of anilines is 2. The van der Waals surface area contributed by atoms with Crippen molar-refractivity contribution >= 4 is 44.7 Å². The zero-order chi connectivity index (χ0) is 15.1. The number of sulfonamides is 1. The van der Waals surface area contributed by atoms with Crippen molar-refractivity contribution in [2.75, 3.05) is 10.5 Å². The lowest BCUT2D eigenvalue weighted by molar-refractivity contribution is 0.600. The fourth-order valence-corrected chi connectivity index (χ4v) is 3.12. The molecule has 3 N–H and O–H groups in total. The number of benzene rings is 1. The monoisotopic (exact) mass is 334 g/mol. The largest absolute Gasteiger partial charge is 0.394 e. The molecule has 0 atom stereocenters. The highest BCUT2D eigenvalue weighted by atomic mass is 35.5. The van der Waals surface area contributed by atoms with Gasteiger partial charge in [-0.05, 0) is 25.1 Å². The van der Waals surface area contributed by atoms with Crippen molar-refractivity contribution in [3.63, 3.8) is 0 Å². The van der Waals surface area contributed by atoms with Crippen LogP contribution in [0.4, 0.5) is 11.5 Å². The minimum absolute atomic E-state index is 0.00912. The van der Waals surface area contributed by atoms with E-state index in [0.29, 0.717) is 5.69 Å². The predicted molar refractivity (Wildman–Crippen MR) is 79.6 cm³/mol. The Morgan fingerprint density at radius 2 is 1.95 bits per heavy atom.